The Morgan fingerprint density at radius 2 is 1.83 bits per heavy atom. The Bertz CT molecular complexity index is 761. The number of anilines is 3. The third kappa shape index (κ3) is 3.19. The van der Waals surface area contributed by atoms with Gasteiger partial charge in [-0.1, -0.05) is 18.2 Å². The van der Waals surface area contributed by atoms with Gasteiger partial charge in [0.2, 0.25) is 0 Å². The summed E-state index contributed by atoms with van der Waals surface area (Å²) < 4.78 is 0. The van der Waals surface area contributed by atoms with E-state index in [0.717, 1.165) is 22.2 Å². The fourth-order valence-electron chi connectivity index (χ4n) is 2.83. The number of hydrogen-bond donors (Lipinski definition) is 1. The van der Waals surface area contributed by atoms with E-state index in [9.17, 15) is 0 Å². The van der Waals surface area contributed by atoms with Gasteiger partial charge in [0, 0.05) is 35.9 Å². The van der Waals surface area contributed by atoms with Crippen molar-refractivity contribution < 1.29 is 0 Å². The van der Waals surface area contributed by atoms with Gasteiger partial charge in [0.05, 0.1) is 5.69 Å². The molecule has 4 nitrogen and oxygen atoms in total. The summed E-state index contributed by atoms with van der Waals surface area (Å²) in [5.74, 6) is 0.817. The molecule has 5 heteroatoms. The molecule has 0 amide bonds. The van der Waals surface area contributed by atoms with Crippen LogP contribution < -0.4 is 10.2 Å². The van der Waals surface area contributed by atoms with Crippen LogP contribution in [0.25, 0.3) is 11.3 Å². The molecule has 0 radical (unpaired) electrons. The van der Waals surface area contributed by atoms with Crippen LogP contribution in [0.2, 0.25) is 0 Å². The van der Waals surface area contributed by atoms with Crippen molar-refractivity contribution >= 4 is 28.0 Å². The van der Waals surface area contributed by atoms with Crippen LogP contribution in [0.15, 0.2) is 54.0 Å². The summed E-state index contributed by atoms with van der Waals surface area (Å²) >= 11 is 1.60. The Morgan fingerprint density at radius 1 is 1.00 bits per heavy atom. The van der Waals surface area contributed by atoms with Crippen molar-refractivity contribution in [1.82, 2.24) is 9.97 Å². The molecule has 1 aromatic carbocycles. The monoisotopic (exact) mass is 322 g/mol. The molecule has 1 N–H and O–H groups in total. The maximum Gasteiger partial charge on any atom is 0.188 e. The van der Waals surface area contributed by atoms with Gasteiger partial charge in [-0.25, -0.2) is 9.97 Å². The summed E-state index contributed by atoms with van der Waals surface area (Å²) in [6.07, 6.45) is 4.38. The third-order valence-corrected chi connectivity index (χ3v) is 4.80. The zero-order valence-electron chi connectivity index (χ0n) is 12.8. The van der Waals surface area contributed by atoms with Crippen LogP contribution in [0, 0.1) is 0 Å². The predicted molar refractivity (Wildman–Crippen MR) is 96.5 cm³/mol. The van der Waals surface area contributed by atoms with Crippen molar-refractivity contribution in [2.75, 3.05) is 23.3 Å². The number of thiazole rings is 1. The van der Waals surface area contributed by atoms with Gasteiger partial charge in [-0.3, -0.25) is 0 Å². The van der Waals surface area contributed by atoms with Crippen molar-refractivity contribution in [3.8, 4) is 11.3 Å². The average Bonchev–Trinajstić information content (AvgIpc) is 3.28. The lowest BCUT2D eigenvalue weighted by Crippen LogP contribution is -2.17. The molecule has 0 saturated carbocycles. The highest BCUT2D eigenvalue weighted by atomic mass is 32.1. The second-order valence-corrected chi connectivity index (χ2v) is 6.48. The molecule has 0 atom stereocenters. The average molecular weight is 322 g/mol. The molecule has 0 aliphatic carbocycles. The normalized spacial score (nSPS) is 14.2. The summed E-state index contributed by atoms with van der Waals surface area (Å²) in [7, 11) is 0. The number of benzene rings is 1. The fourth-order valence-corrected chi connectivity index (χ4v) is 3.55. The SMILES string of the molecule is c1ccc(Nc2nc(-c3ccc(N4CCCC4)cc3)cs2)nc1. The first-order valence-electron chi connectivity index (χ1n) is 7.87. The molecule has 0 spiro atoms. The van der Waals surface area contributed by atoms with Gasteiger partial charge >= 0.3 is 0 Å². The second-order valence-electron chi connectivity index (χ2n) is 5.62. The highest BCUT2D eigenvalue weighted by Crippen LogP contribution is 2.29. The van der Waals surface area contributed by atoms with Gasteiger partial charge in [-0.05, 0) is 37.1 Å². The zero-order valence-corrected chi connectivity index (χ0v) is 13.6. The minimum atomic E-state index is 0.817. The molecule has 2 aromatic heterocycles. The Hall–Kier alpha value is -2.40. The number of nitrogens with zero attached hydrogens (tertiary/aromatic N) is 3. The summed E-state index contributed by atoms with van der Waals surface area (Å²) in [6.45, 7) is 2.35. The van der Waals surface area contributed by atoms with Crippen LogP contribution in [-0.4, -0.2) is 23.1 Å². The number of pyridine rings is 1. The molecule has 1 aliphatic rings. The summed E-state index contributed by atoms with van der Waals surface area (Å²) in [5.41, 5.74) is 3.47. The van der Waals surface area contributed by atoms with E-state index < -0.39 is 0 Å². The van der Waals surface area contributed by atoms with Crippen molar-refractivity contribution in [3.63, 3.8) is 0 Å². The first-order valence-corrected chi connectivity index (χ1v) is 8.75. The molecule has 0 bridgehead atoms. The van der Waals surface area contributed by atoms with Crippen LogP contribution in [0.1, 0.15) is 12.8 Å². The third-order valence-electron chi connectivity index (χ3n) is 4.04. The van der Waals surface area contributed by atoms with Crippen LogP contribution in [0.4, 0.5) is 16.6 Å². The smallest absolute Gasteiger partial charge is 0.188 e. The Labute approximate surface area is 139 Å². The predicted octanol–water partition coefficient (Wildman–Crippen LogP) is 4.55. The standard InChI is InChI=1S/C18H18N4S/c1-2-10-19-17(5-1)21-18-20-16(13-23-18)14-6-8-15(9-7-14)22-11-3-4-12-22/h1-2,5-10,13H,3-4,11-12H2,(H,19,20,21). The minimum absolute atomic E-state index is 0.817. The molecule has 3 aromatic rings. The van der Waals surface area contributed by atoms with Crippen LogP contribution in [0.5, 0.6) is 0 Å². The Morgan fingerprint density at radius 3 is 2.57 bits per heavy atom. The van der Waals surface area contributed by atoms with Crippen molar-refractivity contribution in [2.24, 2.45) is 0 Å². The van der Waals surface area contributed by atoms with Gasteiger partial charge in [-0.2, -0.15) is 0 Å². The first kappa shape index (κ1) is 14.2. The highest BCUT2D eigenvalue weighted by molar-refractivity contribution is 7.14. The Balaban J connectivity index is 1.50. The molecule has 4 rings (SSSR count). The topological polar surface area (TPSA) is 41.1 Å². The fraction of sp³-hybridized carbons (Fsp3) is 0.222. The molecule has 23 heavy (non-hydrogen) atoms. The molecule has 3 heterocycles. The molecular formula is C18H18N4S. The van der Waals surface area contributed by atoms with Gasteiger partial charge in [-0.15, -0.1) is 11.3 Å². The van der Waals surface area contributed by atoms with E-state index in [1.54, 1.807) is 17.5 Å². The van der Waals surface area contributed by atoms with Gasteiger partial charge < -0.3 is 10.2 Å². The van der Waals surface area contributed by atoms with E-state index >= 15 is 0 Å². The highest BCUT2D eigenvalue weighted by Gasteiger charge is 2.12. The van der Waals surface area contributed by atoms with E-state index in [0.29, 0.717) is 0 Å². The largest absolute Gasteiger partial charge is 0.372 e. The van der Waals surface area contributed by atoms with Crippen LogP contribution in [-0.2, 0) is 0 Å². The van der Waals surface area contributed by atoms with Crippen molar-refractivity contribution in [2.45, 2.75) is 12.8 Å². The van der Waals surface area contributed by atoms with E-state index in [1.165, 1.54) is 31.6 Å². The van der Waals surface area contributed by atoms with E-state index in [2.05, 4.69) is 49.8 Å². The number of hydrogen-bond acceptors (Lipinski definition) is 5. The molecule has 1 aliphatic heterocycles. The zero-order chi connectivity index (χ0) is 15.5. The quantitative estimate of drug-likeness (QED) is 0.765. The first-order chi connectivity index (χ1) is 11.4. The number of rotatable bonds is 4. The van der Waals surface area contributed by atoms with E-state index in [4.69, 9.17) is 0 Å². The minimum Gasteiger partial charge on any atom is -0.372 e. The summed E-state index contributed by atoms with van der Waals surface area (Å²) in [5, 5.41) is 6.18. The van der Waals surface area contributed by atoms with Crippen molar-refractivity contribution in [3.05, 3.63) is 54.0 Å². The van der Waals surface area contributed by atoms with E-state index in [1.807, 2.05) is 18.2 Å². The maximum atomic E-state index is 4.66. The second kappa shape index (κ2) is 6.38. The summed E-state index contributed by atoms with van der Waals surface area (Å²) in [6, 6.07) is 14.5. The maximum absolute atomic E-state index is 4.66. The lowest BCUT2D eigenvalue weighted by Gasteiger charge is -2.17. The molecule has 1 fully saturated rings. The molecular weight excluding hydrogens is 304 g/mol. The molecule has 1 saturated heterocycles. The van der Waals surface area contributed by atoms with Gasteiger partial charge in [0.1, 0.15) is 5.82 Å². The van der Waals surface area contributed by atoms with Gasteiger partial charge in [0.25, 0.3) is 0 Å². The van der Waals surface area contributed by atoms with Crippen LogP contribution >= 0.6 is 11.3 Å². The lowest BCUT2D eigenvalue weighted by atomic mass is 10.1. The van der Waals surface area contributed by atoms with Crippen LogP contribution in [0.3, 0.4) is 0 Å². The van der Waals surface area contributed by atoms with Gasteiger partial charge in [0.15, 0.2) is 5.13 Å². The number of aromatic nitrogens is 2. The molecule has 116 valence electrons. The Kier molecular flexibility index (Phi) is 3.94. The van der Waals surface area contributed by atoms with Crippen molar-refractivity contribution in [1.29, 1.82) is 0 Å². The molecule has 0 unspecified atom stereocenters. The lowest BCUT2D eigenvalue weighted by molar-refractivity contribution is 0.949. The summed E-state index contributed by atoms with van der Waals surface area (Å²) in [4.78, 5) is 11.4. The van der Waals surface area contributed by atoms with E-state index in [-0.39, 0.29) is 0 Å². The number of nitrogens with one attached hydrogen (secondary N) is 1.